The fourth-order valence-electron chi connectivity index (χ4n) is 7.21. The Balaban J connectivity index is 1.66. The van der Waals surface area contributed by atoms with Gasteiger partial charge in [0.2, 0.25) is 0 Å². The van der Waals surface area contributed by atoms with Crippen LogP contribution in [-0.2, 0) is 4.57 Å². The minimum absolute atomic E-state index is 0.135. The summed E-state index contributed by atoms with van der Waals surface area (Å²) in [5, 5.41) is 3.22. The van der Waals surface area contributed by atoms with E-state index < -0.39 is 7.82 Å². The Morgan fingerprint density at radius 3 is 1.47 bits per heavy atom. The van der Waals surface area contributed by atoms with Crippen molar-refractivity contribution in [3.63, 3.8) is 0 Å². The number of phosphoric ester groups is 1. The monoisotopic (exact) mass is 758 g/mol. The van der Waals surface area contributed by atoms with Crippen LogP contribution in [-0.4, -0.2) is 4.89 Å². The largest absolute Gasteiger partial charge is 0.584 e. The first kappa shape index (κ1) is 38.0. The molecule has 6 aromatic carbocycles. The van der Waals surface area contributed by atoms with Crippen molar-refractivity contribution < 1.29 is 18.5 Å². The summed E-state index contributed by atoms with van der Waals surface area (Å²) in [6, 6.07) is 27.1. The van der Waals surface area contributed by atoms with Crippen LogP contribution in [0.2, 0.25) is 0 Å². The van der Waals surface area contributed by atoms with Gasteiger partial charge in [-0.05, 0) is 160 Å². The molecule has 0 bridgehead atoms. The molecule has 1 heterocycles. The molecule has 1 unspecified atom stereocenters. The number of hydrogen-bond donors (Lipinski definition) is 1. The molecule has 0 amide bonds. The van der Waals surface area contributed by atoms with E-state index in [1.54, 1.807) is 6.07 Å². The van der Waals surface area contributed by atoms with Gasteiger partial charge in [0.1, 0.15) is 11.5 Å². The molecule has 58 heavy (non-hydrogen) atoms. The van der Waals surface area contributed by atoms with E-state index in [2.05, 4.69) is 88.8 Å². The van der Waals surface area contributed by atoms with E-state index in [9.17, 15) is 9.46 Å². The van der Waals surface area contributed by atoms with Crippen molar-refractivity contribution in [3.8, 4) is 153 Å². The fraction of sp³-hybridized carbons (Fsp3) is 0.0566. The van der Waals surface area contributed by atoms with Crippen LogP contribution in [0, 0.1) is 129 Å². The normalized spacial score (nSPS) is 12.7. The second-order valence-corrected chi connectivity index (χ2v) is 14.3. The lowest BCUT2D eigenvalue weighted by atomic mass is 9.83. The first-order valence-corrected chi connectivity index (χ1v) is 19.1. The third kappa shape index (κ3) is 7.50. The van der Waals surface area contributed by atoms with E-state index in [0.717, 1.165) is 38.2 Å². The van der Waals surface area contributed by atoms with Crippen LogP contribution in [0.4, 0.5) is 0 Å². The minimum atomic E-state index is -4.92. The van der Waals surface area contributed by atoms with Crippen molar-refractivity contribution in [1.82, 2.24) is 0 Å². The van der Waals surface area contributed by atoms with E-state index in [-0.39, 0.29) is 11.5 Å². The lowest BCUT2D eigenvalue weighted by Crippen LogP contribution is -2.02. The predicted molar refractivity (Wildman–Crippen MR) is 234 cm³/mol. The molecular weight excluding hydrogens is 732 g/mol. The van der Waals surface area contributed by atoms with Crippen molar-refractivity contribution in [1.29, 1.82) is 0 Å². The average Bonchev–Trinajstić information content (AvgIpc) is 3.33. The van der Waals surface area contributed by atoms with E-state index in [1.165, 1.54) is 0 Å². The van der Waals surface area contributed by atoms with Gasteiger partial charge in [0.05, 0.1) is 0 Å². The summed E-state index contributed by atoms with van der Waals surface area (Å²) in [6.45, 7) is 5.84. The molecule has 1 atom stereocenters. The van der Waals surface area contributed by atoms with Crippen LogP contribution in [0.5, 0.6) is 11.5 Å². The summed E-state index contributed by atoms with van der Waals surface area (Å²) in [6.07, 6.45) is 16.0. The van der Waals surface area contributed by atoms with E-state index in [4.69, 9.17) is 28.3 Å². The lowest BCUT2D eigenvalue weighted by molar-refractivity contribution is 0.295. The maximum Gasteiger partial charge on any atom is 0.584 e. The Hall–Kier alpha value is -8.33. The SMILES string of the molecule is C#CC#CC#Cc1cc(C)c(-c2cc3ccccc3c3c2OP(=O)(O)Oc2c(-c4c(C)cc(C)cc4C#CC#CC#C)cc4ccccc4c2-3)c(C#CC#CC#C)c1. The Kier molecular flexibility index (Phi) is 10.6. The molecule has 1 N–H and O–H groups in total. The number of terminal acetylenes is 3. The van der Waals surface area contributed by atoms with Gasteiger partial charge in [0.25, 0.3) is 0 Å². The summed E-state index contributed by atoms with van der Waals surface area (Å²) in [5.74, 6) is 40.4. The number of fused-ring (bicyclic) bond motifs is 7. The van der Waals surface area contributed by atoms with Gasteiger partial charge in [0, 0.05) is 50.1 Å². The van der Waals surface area contributed by atoms with Gasteiger partial charge >= 0.3 is 7.82 Å². The zero-order valence-electron chi connectivity index (χ0n) is 31.4. The van der Waals surface area contributed by atoms with Crippen LogP contribution in [0.3, 0.4) is 0 Å². The van der Waals surface area contributed by atoms with Gasteiger partial charge < -0.3 is 9.05 Å². The molecule has 0 fully saturated rings. The van der Waals surface area contributed by atoms with Crippen LogP contribution in [0.15, 0.2) is 84.9 Å². The second-order valence-electron chi connectivity index (χ2n) is 13.0. The minimum Gasteiger partial charge on any atom is -0.394 e. The summed E-state index contributed by atoms with van der Waals surface area (Å²) in [5.41, 5.74) is 7.86. The molecular formula is C53H27O4P. The first-order valence-electron chi connectivity index (χ1n) is 17.6. The van der Waals surface area contributed by atoms with Gasteiger partial charge in [-0.25, -0.2) is 4.57 Å². The second kappa shape index (κ2) is 16.2. The summed E-state index contributed by atoms with van der Waals surface area (Å²) >= 11 is 0. The van der Waals surface area contributed by atoms with E-state index >= 15 is 0 Å². The average molecular weight is 759 g/mol. The number of rotatable bonds is 2. The number of benzene rings is 6. The Morgan fingerprint density at radius 2 is 0.966 bits per heavy atom. The molecule has 1 aliphatic heterocycles. The molecule has 0 aliphatic carbocycles. The molecule has 0 aromatic heterocycles. The number of hydrogen-bond acceptors (Lipinski definition) is 3. The zero-order valence-corrected chi connectivity index (χ0v) is 32.3. The highest BCUT2D eigenvalue weighted by Gasteiger charge is 2.38. The van der Waals surface area contributed by atoms with E-state index in [0.29, 0.717) is 50.1 Å². The van der Waals surface area contributed by atoms with Gasteiger partial charge in [-0.1, -0.05) is 72.4 Å². The van der Waals surface area contributed by atoms with Gasteiger partial charge in [-0.15, -0.1) is 19.3 Å². The van der Waals surface area contributed by atoms with Gasteiger partial charge in [0.15, 0.2) is 0 Å². The fourth-order valence-corrected chi connectivity index (χ4v) is 8.08. The maximum atomic E-state index is 14.5. The highest BCUT2D eigenvalue weighted by molar-refractivity contribution is 7.48. The molecule has 1 aliphatic rings. The van der Waals surface area contributed by atoms with Gasteiger partial charge in [-0.3, -0.25) is 4.89 Å². The molecule has 6 aromatic rings. The van der Waals surface area contributed by atoms with Gasteiger partial charge in [-0.2, -0.15) is 0 Å². The lowest BCUT2D eigenvalue weighted by Gasteiger charge is -2.21. The topological polar surface area (TPSA) is 55.8 Å². The van der Waals surface area contributed by atoms with Crippen molar-refractivity contribution in [2.75, 3.05) is 0 Å². The first-order chi connectivity index (χ1) is 28.1. The standard InChI is InChI=1S/C53H27O4P/c1-7-10-13-16-23-39-32-38(6)49(43(33-39)27-18-15-12-9-3)47-35-41-25-20-22-29-45(41)51-50-44-28-21-19-24-40(44)34-46(52(50)56-58(54,55)57-53(47)51)48-37(5)30-36(4)31-42(48)26-17-14-11-8-2/h1-3,19-22,24-25,28-35H,4-6H3,(H,54,55). The molecule has 0 spiro atoms. The zero-order chi connectivity index (χ0) is 40.8. The molecule has 0 saturated heterocycles. The van der Waals surface area contributed by atoms with Crippen molar-refractivity contribution >= 4 is 29.4 Å². The van der Waals surface area contributed by atoms with Crippen LogP contribution in [0.25, 0.3) is 54.9 Å². The number of aryl methyl sites for hydroxylation is 3. The molecule has 0 saturated carbocycles. The molecule has 4 nitrogen and oxygen atoms in total. The Bertz CT molecular complexity index is 3380. The maximum absolute atomic E-state index is 14.5. The highest BCUT2D eigenvalue weighted by Crippen LogP contribution is 2.62. The van der Waals surface area contributed by atoms with Crippen LogP contribution >= 0.6 is 7.82 Å². The smallest absolute Gasteiger partial charge is 0.394 e. The van der Waals surface area contributed by atoms with Crippen molar-refractivity contribution in [3.05, 3.63) is 118 Å². The quantitative estimate of drug-likeness (QED) is 0.141. The third-order valence-corrected chi connectivity index (χ3v) is 10.0. The summed E-state index contributed by atoms with van der Waals surface area (Å²) < 4.78 is 27.0. The third-order valence-electron chi connectivity index (χ3n) is 9.21. The number of phosphoric acid groups is 1. The highest BCUT2D eigenvalue weighted by atomic mass is 31.2. The summed E-state index contributed by atoms with van der Waals surface area (Å²) in [4.78, 5) is 11.8. The van der Waals surface area contributed by atoms with E-state index in [1.807, 2.05) is 99.6 Å². The predicted octanol–water partition coefficient (Wildman–Crippen LogP) is 9.76. The Morgan fingerprint density at radius 1 is 0.517 bits per heavy atom. The van der Waals surface area contributed by atoms with Crippen LogP contribution in [0.1, 0.15) is 33.4 Å². The van der Waals surface area contributed by atoms with Crippen molar-refractivity contribution in [2.45, 2.75) is 20.8 Å². The molecule has 5 heteroatoms. The Labute approximate surface area is 338 Å². The molecule has 0 radical (unpaired) electrons. The molecule has 268 valence electrons. The molecule has 7 rings (SSSR count). The van der Waals surface area contributed by atoms with Crippen LogP contribution < -0.4 is 9.05 Å². The summed E-state index contributed by atoms with van der Waals surface area (Å²) in [7, 11) is -4.92. The van der Waals surface area contributed by atoms with Crippen molar-refractivity contribution in [2.24, 2.45) is 0 Å².